The first-order valence-corrected chi connectivity index (χ1v) is 7.24. The molecule has 0 saturated carbocycles. The highest BCUT2D eigenvalue weighted by molar-refractivity contribution is 4.82. The third kappa shape index (κ3) is 3.96. The Labute approximate surface area is 107 Å². The van der Waals surface area contributed by atoms with Crippen molar-refractivity contribution in [3.05, 3.63) is 0 Å². The molecule has 0 N–H and O–H groups in total. The van der Waals surface area contributed by atoms with Crippen molar-refractivity contribution in [3.63, 3.8) is 0 Å². The Morgan fingerprint density at radius 1 is 1.06 bits per heavy atom. The lowest BCUT2D eigenvalue weighted by Gasteiger charge is -2.43. The standard InChI is InChI=1S/C15H30O2/c1-7-14-12(5)11(4)13(6)15(17-14)16-9-8-10(2)3/h10-15H,7-9H2,1-6H3/t11?,12-,13-,14?,15-/m1/s1. The van der Waals surface area contributed by atoms with E-state index >= 15 is 0 Å². The van der Waals surface area contributed by atoms with Gasteiger partial charge in [0.05, 0.1) is 6.10 Å². The average molecular weight is 242 g/mol. The Kier molecular flexibility index (Phi) is 5.94. The van der Waals surface area contributed by atoms with Crippen LogP contribution in [0.1, 0.15) is 54.4 Å². The van der Waals surface area contributed by atoms with Gasteiger partial charge in [-0.2, -0.15) is 0 Å². The summed E-state index contributed by atoms with van der Waals surface area (Å²) in [5.41, 5.74) is 0. The molecule has 1 aliphatic heterocycles. The zero-order valence-corrected chi connectivity index (χ0v) is 12.4. The lowest BCUT2D eigenvalue weighted by molar-refractivity contribution is -0.248. The minimum atomic E-state index is 0.00454. The van der Waals surface area contributed by atoms with Crippen LogP contribution in [0.5, 0.6) is 0 Å². The lowest BCUT2D eigenvalue weighted by atomic mass is 9.78. The van der Waals surface area contributed by atoms with Gasteiger partial charge in [-0.3, -0.25) is 0 Å². The molecule has 102 valence electrons. The molecule has 1 heterocycles. The highest BCUT2D eigenvalue weighted by Crippen LogP contribution is 2.36. The molecular weight excluding hydrogens is 212 g/mol. The van der Waals surface area contributed by atoms with Gasteiger partial charge in [0.2, 0.25) is 0 Å². The van der Waals surface area contributed by atoms with Crippen molar-refractivity contribution in [2.24, 2.45) is 23.7 Å². The number of rotatable bonds is 5. The topological polar surface area (TPSA) is 18.5 Å². The van der Waals surface area contributed by atoms with Crippen molar-refractivity contribution >= 4 is 0 Å². The van der Waals surface area contributed by atoms with E-state index in [1.807, 2.05) is 0 Å². The van der Waals surface area contributed by atoms with Crippen molar-refractivity contribution in [2.45, 2.75) is 66.8 Å². The monoisotopic (exact) mass is 242 g/mol. The van der Waals surface area contributed by atoms with Crippen LogP contribution in [-0.2, 0) is 9.47 Å². The maximum Gasteiger partial charge on any atom is 0.160 e. The second kappa shape index (κ2) is 6.75. The van der Waals surface area contributed by atoms with Crippen molar-refractivity contribution in [2.75, 3.05) is 6.61 Å². The summed E-state index contributed by atoms with van der Waals surface area (Å²) in [7, 11) is 0. The van der Waals surface area contributed by atoms with Crippen LogP contribution in [0, 0.1) is 23.7 Å². The Morgan fingerprint density at radius 3 is 2.24 bits per heavy atom. The number of hydrogen-bond acceptors (Lipinski definition) is 2. The van der Waals surface area contributed by atoms with E-state index in [9.17, 15) is 0 Å². The van der Waals surface area contributed by atoms with Gasteiger partial charge in [0, 0.05) is 12.5 Å². The van der Waals surface area contributed by atoms with Crippen LogP contribution in [0.4, 0.5) is 0 Å². The molecule has 0 spiro atoms. The summed E-state index contributed by atoms with van der Waals surface area (Å²) in [5.74, 6) is 2.52. The van der Waals surface area contributed by atoms with E-state index in [0.29, 0.717) is 29.8 Å². The zero-order valence-electron chi connectivity index (χ0n) is 12.4. The van der Waals surface area contributed by atoms with Gasteiger partial charge in [0.25, 0.3) is 0 Å². The third-order valence-corrected chi connectivity index (χ3v) is 4.36. The van der Waals surface area contributed by atoms with Crippen molar-refractivity contribution in [1.29, 1.82) is 0 Å². The highest BCUT2D eigenvalue weighted by Gasteiger charge is 2.38. The summed E-state index contributed by atoms with van der Waals surface area (Å²) in [5, 5.41) is 0. The van der Waals surface area contributed by atoms with Crippen LogP contribution < -0.4 is 0 Å². The first-order chi connectivity index (χ1) is 7.97. The van der Waals surface area contributed by atoms with Crippen LogP contribution >= 0.6 is 0 Å². The zero-order chi connectivity index (χ0) is 13.0. The molecule has 0 amide bonds. The fraction of sp³-hybridized carbons (Fsp3) is 1.00. The first-order valence-electron chi connectivity index (χ1n) is 7.24. The first kappa shape index (κ1) is 15.0. The van der Waals surface area contributed by atoms with Crippen LogP contribution in [0.3, 0.4) is 0 Å². The summed E-state index contributed by atoms with van der Waals surface area (Å²) in [6.07, 6.45) is 2.57. The Bertz CT molecular complexity index is 213. The molecule has 0 aromatic heterocycles. The largest absolute Gasteiger partial charge is 0.352 e. The van der Waals surface area contributed by atoms with Crippen molar-refractivity contribution < 1.29 is 9.47 Å². The fourth-order valence-electron chi connectivity index (χ4n) is 2.56. The molecule has 0 aromatic carbocycles. The molecule has 0 bridgehead atoms. The van der Waals surface area contributed by atoms with Gasteiger partial charge in [0.15, 0.2) is 6.29 Å². The summed E-state index contributed by atoms with van der Waals surface area (Å²) >= 11 is 0. The number of ether oxygens (including phenoxy) is 2. The molecule has 1 saturated heterocycles. The van der Waals surface area contributed by atoms with E-state index in [1.165, 1.54) is 0 Å². The van der Waals surface area contributed by atoms with Crippen LogP contribution in [0.15, 0.2) is 0 Å². The molecule has 5 atom stereocenters. The fourth-order valence-corrected chi connectivity index (χ4v) is 2.56. The molecule has 2 unspecified atom stereocenters. The molecule has 17 heavy (non-hydrogen) atoms. The number of hydrogen-bond donors (Lipinski definition) is 0. The summed E-state index contributed by atoms with van der Waals surface area (Å²) in [6, 6.07) is 0. The van der Waals surface area contributed by atoms with Crippen molar-refractivity contribution in [3.8, 4) is 0 Å². The summed E-state index contributed by atoms with van der Waals surface area (Å²) < 4.78 is 12.0. The van der Waals surface area contributed by atoms with Crippen LogP contribution in [-0.4, -0.2) is 19.0 Å². The van der Waals surface area contributed by atoms with Crippen molar-refractivity contribution in [1.82, 2.24) is 0 Å². The van der Waals surface area contributed by atoms with Gasteiger partial charge in [0.1, 0.15) is 0 Å². The van der Waals surface area contributed by atoms with Gasteiger partial charge in [-0.1, -0.05) is 41.5 Å². The van der Waals surface area contributed by atoms with E-state index in [4.69, 9.17) is 9.47 Å². The second-order valence-corrected chi connectivity index (χ2v) is 6.08. The normalized spacial score (nSPS) is 38.6. The molecule has 1 fully saturated rings. The summed E-state index contributed by atoms with van der Waals surface area (Å²) in [6.45, 7) is 14.4. The van der Waals surface area contributed by atoms with Crippen LogP contribution in [0.2, 0.25) is 0 Å². The van der Waals surface area contributed by atoms with Gasteiger partial charge in [-0.05, 0) is 30.6 Å². The lowest BCUT2D eigenvalue weighted by Crippen LogP contribution is -2.45. The van der Waals surface area contributed by atoms with Gasteiger partial charge in [-0.25, -0.2) is 0 Å². The van der Waals surface area contributed by atoms with Gasteiger partial charge < -0.3 is 9.47 Å². The minimum absolute atomic E-state index is 0.00454. The molecule has 0 radical (unpaired) electrons. The molecule has 2 nitrogen and oxygen atoms in total. The van der Waals surface area contributed by atoms with Gasteiger partial charge >= 0.3 is 0 Å². The van der Waals surface area contributed by atoms with E-state index in [2.05, 4.69) is 41.5 Å². The highest BCUT2D eigenvalue weighted by atomic mass is 16.7. The molecule has 1 rings (SSSR count). The molecule has 2 heteroatoms. The Hall–Kier alpha value is -0.0800. The smallest absolute Gasteiger partial charge is 0.160 e. The maximum atomic E-state index is 6.09. The summed E-state index contributed by atoms with van der Waals surface area (Å²) in [4.78, 5) is 0. The van der Waals surface area contributed by atoms with E-state index in [1.54, 1.807) is 0 Å². The minimum Gasteiger partial charge on any atom is -0.352 e. The van der Waals surface area contributed by atoms with Gasteiger partial charge in [-0.15, -0.1) is 0 Å². The molecule has 0 aromatic rings. The SMILES string of the molecule is CCC1O[C@@H](OCCC(C)C)[C@H](C)C(C)[C@H]1C. The predicted molar refractivity (Wildman–Crippen MR) is 71.9 cm³/mol. The van der Waals surface area contributed by atoms with E-state index in [0.717, 1.165) is 19.4 Å². The predicted octanol–water partition coefficient (Wildman–Crippen LogP) is 4.09. The maximum absolute atomic E-state index is 6.09. The third-order valence-electron chi connectivity index (χ3n) is 4.36. The van der Waals surface area contributed by atoms with E-state index < -0.39 is 0 Å². The van der Waals surface area contributed by atoms with E-state index in [-0.39, 0.29) is 6.29 Å². The van der Waals surface area contributed by atoms with Crippen LogP contribution in [0.25, 0.3) is 0 Å². The molecule has 0 aliphatic carbocycles. The molecule has 1 aliphatic rings. The molecular formula is C15H30O2. The quantitative estimate of drug-likeness (QED) is 0.723. The average Bonchev–Trinajstić information content (AvgIpc) is 2.29. The Balaban J connectivity index is 2.47. The second-order valence-electron chi connectivity index (χ2n) is 6.08. The Morgan fingerprint density at radius 2 is 1.71 bits per heavy atom.